The lowest BCUT2D eigenvalue weighted by Crippen LogP contribution is -2.30. The molecule has 14 heavy (non-hydrogen) atoms. The van der Waals surface area contributed by atoms with Crippen molar-refractivity contribution in [1.82, 2.24) is 10.2 Å². The topological polar surface area (TPSA) is 63.8 Å². The summed E-state index contributed by atoms with van der Waals surface area (Å²) in [6.45, 7) is 6.96. The Morgan fingerprint density at radius 1 is 1.43 bits per heavy atom. The maximum atomic E-state index is 5.67. The van der Waals surface area contributed by atoms with Crippen LogP contribution in [-0.2, 0) is 0 Å². The van der Waals surface area contributed by atoms with E-state index < -0.39 is 0 Å². The van der Waals surface area contributed by atoms with Gasteiger partial charge in [-0.25, -0.2) is 0 Å². The lowest BCUT2D eigenvalue weighted by Gasteiger charge is -2.17. The molecule has 80 valence electrons. The quantitative estimate of drug-likeness (QED) is 0.782. The van der Waals surface area contributed by atoms with E-state index in [4.69, 9.17) is 5.73 Å². The minimum Gasteiger partial charge on any atom is -0.356 e. The van der Waals surface area contributed by atoms with Crippen molar-refractivity contribution in [3.63, 3.8) is 0 Å². The fourth-order valence-corrected chi connectivity index (χ4v) is 1.98. The largest absolute Gasteiger partial charge is 0.356 e. The summed E-state index contributed by atoms with van der Waals surface area (Å²) in [6.07, 6.45) is 1.06. The van der Waals surface area contributed by atoms with Crippen LogP contribution in [0.2, 0.25) is 0 Å². The van der Waals surface area contributed by atoms with Crippen LogP contribution >= 0.6 is 11.3 Å². The SMILES string of the molecule is Cc1nnc(NC(CN)CC(C)C)s1. The van der Waals surface area contributed by atoms with Gasteiger partial charge in [-0.1, -0.05) is 25.2 Å². The van der Waals surface area contributed by atoms with E-state index in [1.807, 2.05) is 6.92 Å². The summed E-state index contributed by atoms with van der Waals surface area (Å²) >= 11 is 1.57. The summed E-state index contributed by atoms with van der Waals surface area (Å²) in [6, 6.07) is 0.308. The highest BCUT2D eigenvalue weighted by molar-refractivity contribution is 7.15. The van der Waals surface area contributed by atoms with Crippen molar-refractivity contribution in [1.29, 1.82) is 0 Å². The Balaban J connectivity index is 2.48. The number of nitrogens with two attached hydrogens (primary N) is 1. The molecule has 4 nitrogen and oxygen atoms in total. The average molecular weight is 214 g/mol. The van der Waals surface area contributed by atoms with E-state index in [1.165, 1.54) is 0 Å². The second kappa shape index (κ2) is 5.26. The van der Waals surface area contributed by atoms with Crippen LogP contribution in [-0.4, -0.2) is 22.8 Å². The Bertz CT molecular complexity index is 272. The van der Waals surface area contributed by atoms with Crippen LogP contribution in [0, 0.1) is 12.8 Å². The highest BCUT2D eigenvalue weighted by atomic mass is 32.1. The van der Waals surface area contributed by atoms with Crippen molar-refractivity contribution in [3.8, 4) is 0 Å². The number of aryl methyl sites for hydroxylation is 1. The molecule has 1 atom stereocenters. The van der Waals surface area contributed by atoms with Gasteiger partial charge in [0.2, 0.25) is 5.13 Å². The zero-order valence-corrected chi connectivity index (χ0v) is 9.77. The minimum atomic E-state index is 0.308. The van der Waals surface area contributed by atoms with E-state index in [1.54, 1.807) is 11.3 Å². The molecule has 0 aliphatic rings. The molecule has 1 aromatic rings. The van der Waals surface area contributed by atoms with Gasteiger partial charge in [0.15, 0.2) is 0 Å². The molecule has 1 heterocycles. The first-order valence-electron chi connectivity index (χ1n) is 4.88. The molecular weight excluding hydrogens is 196 g/mol. The summed E-state index contributed by atoms with van der Waals surface area (Å²) in [5.41, 5.74) is 5.67. The van der Waals surface area contributed by atoms with Crippen LogP contribution in [0.4, 0.5) is 5.13 Å². The Morgan fingerprint density at radius 2 is 2.14 bits per heavy atom. The second-order valence-corrected chi connectivity index (χ2v) is 5.01. The lowest BCUT2D eigenvalue weighted by molar-refractivity contribution is 0.521. The normalized spacial score (nSPS) is 13.2. The fraction of sp³-hybridized carbons (Fsp3) is 0.778. The summed E-state index contributed by atoms with van der Waals surface area (Å²) in [5, 5.41) is 13.1. The monoisotopic (exact) mass is 214 g/mol. The summed E-state index contributed by atoms with van der Waals surface area (Å²) < 4.78 is 0. The third-order valence-electron chi connectivity index (χ3n) is 1.89. The van der Waals surface area contributed by atoms with Gasteiger partial charge in [0, 0.05) is 12.6 Å². The molecule has 0 radical (unpaired) electrons. The smallest absolute Gasteiger partial charge is 0.205 e. The highest BCUT2D eigenvalue weighted by Crippen LogP contribution is 2.16. The zero-order chi connectivity index (χ0) is 10.6. The third kappa shape index (κ3) is 3.59. The minimum absolute atomic E-state index is 0.308. The van der Waals surface area contributed by atoms with Crippen LogP contribution in [0.1, 0.15) is 25.3 Å². The molecule has 0 bridgehead atoms. The van der Waals surface area contributed by atoms with Gasteiger partial charge in [0.1, 0.15) is 5.01 Å². The maximum absolute atomic E-state index is 5.67. The molecule has 0 amide bonds. The number of rotatable bonds is 5. The molecule has 1 aromatic heterocycles. The van der Waals surface area contributed by atoms with Gasteiger partial charge in [0.25, 0.3) is 0 Å². The Morgan fingerprint density at radius 3 is 2.57 bits per heavy atom. The molecule has 1 rings (SSSR count). The molecule has 0 aromatic carbocycles. The third-order valence-corrected chi connectivity index (χ3v) is 2.66. The van der Waals surface area contributed by atoms with Gasteiger partial charge in [-0.3, -0.25) is 0 Å². The molecule has 0 spiro atoms. The predicted molar refractivity (Wildman–Crippen MR) is 60.6 cm³/mol. The Labute approximate surface area is 88.9 Å². The lowest BCUT2D eigenvalue weighted by atomic mass is 10.0. The van der Waals surface area contributed by atoms with E-state index in [0.717, 1.165) is 16.6 Å². The standard InChI is InChI=1S/C9H18N4S/c1-6(2)4-8(5-10)11-9-13-12-7(3)14-9/h6,8H,4-5,10H2,1-3H3,(H,11,13). The first kappa shape index (κ1) is 11.4. The molecule has 0 aliphatic heterocycles. The van der Waals surface area contributed by atoms with Crippen molar-refractivity contribution in [3.05, 3.63) is 5.01 Å². The van der Waals surface area contributed by atoms with Gasteiger partial charge in [-0.2, -0.15) is 0 Å². The fourth-order valence-electron chi connectivity index (χ4n) is 1.31. The van der Waals surface area contributed by atoms with Gasteiger partial charge < -0.3 is 11.1 Å². The Kier molecular flexibility index (Phi) is 4.28. The van der Waals surface area contributed by atoms with Gasteiger partial charge in [-0.15, -0.1) is 10.2 Å². The summed E-state index contributed by atoms with van der Waals surface area (Å²) in [5.74, 6) is 0.644. The maximum Gasteiger partial charge on any atom is 0.205 e. The van der Waals surface area contributed by atoms with E-state index in [2.05, 4.69) is 29.4 Å². The van der Waals surface area contributed by atoms with Gasteiger partial charge >= 0.3 is 0 Å². The number of anilines is 1. The van der Waals surface area contributed by atoms with Crippen LogP contribution in [0.3, 0.4) is 0 Å². The zero-order valence-electron chi connectivity index (χ0n) is 8.95. The molecule has 1 unspecified atom stereocenters. The van der Waals surface area contributed by atoms with E-state index in [0.29, 0.717) is 18.5 Å². The Hall–Kier alpha value is -0.680. The first-order chi connectivity index (χ1) is 6.61. The number of aromatic nitrogens is 2. The second-order valence-electron chi connectivity index (χ2n) is 3.83. The molecule has 0 saturated heterocycles. The van der Waals surface area contributed by atoms with E-state index in [-0.39, 0.29) is 0 Å². The molecule has 0 aliphatic carbocycles. The molecule has 3 N–H and O–H groups in total. The van der Waals surface area contributed by atoms with Crippen molar-refractivity contribution in [2.75, 3.05) is 11.9 Å². The number of hydrogen-bond acceptors (Lipinski definition) is 5. The highest BCUT2D eigenvalue weighted by Gasteiger charge is 2.10. The molecule has 0 fully saturated rings. The van der Waals surface area contributed by atoms with Crippen LogP contribution in [0.15, 0.2) is 0 Å². The van der Waals surface area contributed by atoms with Crippen molar-refractivity contribution in [2.24, 2.45) is 11.7 Å². The molecule has 0 saturated carbocycles. The van der Waals surface area contributed by atoms with E-state index >= 15 is 0 Å². The number of hydrogen-bond donors (Lipinski definition) is 2. The van der Waals surface area contributed by atoms with Crippen LogP contribution in [0.25, 0.3) is 0 Å². The summed E-state index contributed by atoms with van der Waals surface area (Å²) in [4.78, 5) is 0. The van der Waals surface area contributed by atoms with Crippen molar-refractivity contribution < 1.29 is 0 Å². The average Bonchev–Trinajstić information content (AvgIpc) is 2.49. The van der Waals surface area contributed by atoms with Crippen molar-refractivity contribution in [2.45, 2.75) is 33.2 Å². The predicted octanol–water partition coefficient (Wildman–Crippen LogP) is 1.63. The van der Waals surface area contributed by atoms with Crippen LogP contribution in [0.5, 0.6) is 0 Å². The summed E-state index contributed by atoms with van der Waals surface area (Å²) in [7, 11) is 0. The van der Waals surface area contributed by atoms with Crippen LogP contribution < -0.4 is 11.1 Å². The number of nitrogens with one attached hydrogen (secondary N) is 1. The molecule has 5 heteroatoms. The van der Waals surface area contributed by atoms with E-state index in [9.17, 15) is 0 Å². The van der Waals surface area contributed by atoms with Gasteiger partial charge in [0.05, 0.1) is 0 Å². The van der Waals surface area contributed by atoms with Crippen molar-refractivity contribution >= 4 is 16.5 Å². The van der Waals surface area contributed by atoms with Gasteiger partial charge in [-0.05, 0) is 19.3 Å². The molecular formula is C9H18N4S. The number of nitrogens with zero attached hydrogens (tertiary/aromatic N) is 2. The first-order valence-corrected chi connectivity index (χ1v) is 5.70.